The van der Waals surface area contributed by atoms with Crippen LogP contribution in [-0.4, -0.2) is 25.7 Å². The summed E-state index contributed by atoms with van der Waals surface area (Å²) in [5.41, 5.74) is 0.673. The monoisotopic (exact) mass is 401 g/mol. The summed E-state index contributed by atoms with van der Waals surface area (Å²) in [5, 5.41) is 13.8. The van der Waals surface area contributed by atoms with Gasteiger partial charge in [0.05, 0.1) is 23.3 Å². The molecule has 0 radical (unpaired) electrons. The first-order valence-corrected chi connectivity index (χ1v) is 10.1. The van der Waals surface area contributed by atoms with Gasteiger partial charge < -0.3 is 9.73 Å². The van der Waals surface area contributed by atoms with Crippen LogP contribution in [0, 0.1) is 11.3 Å². The molecule has 7 nitrogen and oxygen atoms in total. The van der Waals surface area contributed by atoms with E-state index in [-0.39, 0.29) is 11.4 Å². The van der Waals surface area contributed by atoms with Crippen molar-refractivity contribution in [1.29, 1.82) is 5.26 Å². The van der Waals surface area contributed by atoms with E-state index >= 15 is 0 Å². The first-order chi connectivity index (χ1) is 12.9. The Morgan fingerprint density at radius 2 is 2.00 bits per heavy atom. The Morgan fingerprint density at radius 3 is 2.63 bits per heavy atom. The number of carbonyl (C=O) groups is 1. The van der Waals surface area contributed by atoms with Crippen molar-refractivity contribution in [2.24, 2.45) is 0 Å². The number of benzene rings is 1. The van der Waals surface area contributed by atoms with Crippen LogP contribution in [0.15, 0.2) is 63.4 Å². The summed E-state index contributed by atoms with van der Waals surface area (Å²) in [6.45, 7) is 0.104. The summed E-state index contributed by atoms with van der Waals surface area (Å²) in [5.74, 6) is 0.114. The second-order valence-corrected chi connectivity index (χ2v) is 8.56. The summed E-state index contributed by atoms with van der Waals surface area (Å²) in [7, 11) is -2.26. The van der Waals surface area contributed by atoms with Gasteiger partial charge in [-0.1, -0.05) is 0 Å². The van der Waals surface area contributed by atoms with Crippen LogP contribution < -0.4 is 5.32 Å². The molecule has 2 aromatic heterocycles. The SMILES string of the molecule is CN(Cc1ccco1)S(=O)(=O)c1ccc(C(=O)Nc2sccc2C#N)cc1. The number of nitrogens with one attached hydrogen (secondary N) is 1. The number of furan rings is 1. The molecule has 9 heteroatoms. The van der Waals surface area contributed by atoms with Crippen molar-refractivity contribution in [3.05, 3.63) is 71.0 Å². The van der Waals surface area contributed by atoms with E-state index in [4.69, 9.17) is 9.68 Å². The number of thiophene rings is 1. The maximum atomic E-state index is 12.6. The standard InChI is InChI=1S/C18H15N3O4S2/c1-21(12-15-3-2-9-25-15)27(23,24)16-6-4-13(5-7-16)17(22)20-18-14(11-19)8-10-26-18/h2-10H,12H2,1H3,(H,20,22). The number of nitriles is 1. The predicted molar refractivity (Wildman–Crippen MR) is 101 cm³/mol. The first kappa shape index (κ1) is 18.8. The van der Waals surface area contributed by atoms with Gasteiger partial charge in [-0.15, -0.1) is 11.3 Å². The van der Waals surface area contributed by atoms with Crippen LogP contribution in [0.25, 0.3) is 0 Å². The Morgan fingerprint density at radius 1 is 1.26 bits per heavy atom. The number of amides is 1. The zero-order chi connectivity index (χ0) is 19.4. The average Bonchev–Trinajstić information content (AvgIpc) is 3.33. The predicted octanol–water partition coefficient (Wildman–Crippen LogP) is 3.29. The van der Waals surface area contributed by atoms with Crippen LogP contribution in [0.1, 0.15) is 21.7 Å². The van der Waals surface area contributed by atoms with E-state index in [1.165, 1.54) is 53.2 Å². The largest absolute Gasteiger partial charge is 0.468 e. The van der Waals surface area contributed by atoms with Crippen molar-refractivity contribution < 1.29 is 17.6 Å². The van der Waals surface area contributed by atoms with E-state index in [0.717, 1.165) is 0 Å². The van der Waals surface area contributed by atoms with Gasteiger partial charge in [0.15, 0.2) is 0 Å². The Kier molecular flexibility index (Phi) is 5.41. The normalized spacial score (nSPS) is 11.3. The number of hydrogen-bond donors (Lipinski definition) is 1. The molecule has 27 heavy (non-hydrogen) atoms. The average molecular weight is 401 g/mol. The van der Waals surface area contributed by atoms with Gasteiger partial charge in [0.25, 0.3) is 5.91 Å². The summed E-state index contributed by atoms with van der Waals surface area (Å²) in [6, 6.07) is 12.6. The molecule has 138 valence electrons. The molecule has 1 amide bonds. The van der Waals surface area contributed by atoms with E-state index < -0.39 is 15.9 Å². The van der Waals surface area contributed by atoms with Gasteiger partial charge in [0, 0.05) is 12.6 Å². The lowest BCUT2D eigenvalue weighted by Crippen LogP contribution is -2.26. The van der Waals surface area contributed by atoms with E-state index in [9.17, 15) is 13.2 Å². The molecule has 0 unspecified atom stereocenters. The van der Waals surface area contributed by atoms with Crippen LogP contribution in [0.5, 0.6) is 0 Å². The van der Waals surface area contributed by atoms with Crippen LogP contribution in [0.4, 0.5) is 5.00 Å². The minimum absolute atomic E-state index is 0.0712. The molecule has 0 aliphatic rings. The minimum atomic E-state index is -3.72. The Hall–Kier alpha value is -2.93. The number of rotatable bonds is 6. The molecule has 3 rings (SSSR count). The van der Waals surface area contributed by atoms with Crippen LogP contribution in [0.3, 0.4) is 0 Å². The quantitative estimate of drug-likeness (QED) is 0.683. The lowest BCUT2D eigenvalue weighted by molar-refractivity contribution is 0.102. The molecular formula is C18H15N3O4S2. The number of anilines is 1. The molecular weight excluding hydrogens is 386 g/mol. The highest BCUT2D eigenvalue weighted by atomic mass is 32.2. The third-order valence-electron chi connectivity index (χ3n) is 3.80. The van der Waals surface area contributed by atoms with Crippen molar-refractivity contribution in [2.45, 2.75) is 11.4 Å². The summed E-state index contributed by atoms with van der Waals surface area (Å²) in [4.78, 5) is 12.4. The molecule has 0 saturated carbocycles. The van der Waals surface area contributed by atoms with Crippen molar-refractivity contribution in [3.63, 3.8) is 0 Å². The van der Waals surface area contributed by atoms with E-state index in [2.05, 4.69) is 5.32 Å². The fourth-order valence-electron chi connectivity index (χ4n) is 2.33. The summed E-state index contributed by atoms with van der Waals surface area (Å²) in [6.07, 6.45) is 1.48. The van der Waals surface area contributed by atoms with Gasteiger partial charge in [0.2, 0.25) is 10.0 Å². The topological polar surface area (TPSA) is 103 Å². The Bertz CT molecular complexity index is 1080. The van der Waals surface area contributed by atoms with E-state index in [0.29, 0.717) is 21.9 Å². The van der Waals surface area contributed by atoms with Gasteiger partial charge >= 0.3 is 0 Å². The van der Waals surface area contributed by atoms with Crippen molar-refractivity contribution in [3.8, 4) is 6.07 Å². The van der Waals surface area contributed by atoms with Crippen LogP contribution in [0.2, 0.25) is 0 Å². The van der Waals surface area contributed by atoms with E-state index in [1.807, 2.05) is 6.07 Å². The van der Waals surface area contributed by atoms with Gasteiger partial charge in [-0.3, -0.25) is 4.79 Å². The maximum absolute atomic E-state index is 12.6. The molecule has 2 heterocycles. The van der Waals surface area contributed by atoms with Gasteiger partial charge in [-0.05, 0) is 47.8 Å². The fourth-order valence-corrected chi connectivity index (χ4v) is 4.20. The minimum Gasteiger partial charge on any atom is -0.468 e. The highest BCUT2D eigenvalue weighted by Gasteiger charge is 2.22. The number of nitrogens with zero attached hydrogens (tertiary/aromatic N) is 2. The van der Waals surface area contributed by atoms with Crippen LogP contribution >= 0.6 is 11.3 Å². The van der Waals surface area contributed by atoms with Crippen molar-refractivity contribution in [1.82, 2.24) is 4.31 Å². The third-order valence-corrected chi connectivity index (χ3v) is 6.44. The molecule has 0 bridgehead atoms. The molecule has 1 N–H and O–H groups in total. The molecule has 0 aliphatic carbocycles. The van der Waals surface area contributed by atoms with Gasteiger partial charge in [-0.2, -0.15) is 9.57 Å². The number of sulfonamides is 1. The Labute approximate surface area is 160 Å². The molecule has 0 spiro atoms. The van der Waals surface area contributed by atoms with E-state index in [1.54, 1.807) is 23.6 Å². The highest BCUT2D eigenvalue weighted by Crippen LogP contribution is 2.23. The van der Waals surface area contributed by atoms with Crippen molar-refractivity contribution >= 4 is 32.3 Å². The Balaban J connectivity index is 1.74. The third kappa shape index (κ3) is 4.09. The molecule has 0 fully saturated rings. The van der Waals surface area contributed by atoms with Crippen LogP contribution in [-0.2, 0) is 16.6 Å². The zero-order valence-electron chi connectivity index (χ0n) is 14.2. The number of hydrogen-bond acceptors (Lipinski definition) is 6. The molecule has 0 atom stereocenters. The summed E-state index contributed by atoms with van der Waals surface area (Å²) >= 11 is 1.24. The molecule has 3 aromatic rings. The smallest absolute Gasteiger partial charge is 0.256 e. The fraction of sp³-hybridized carbons (Fsp3) is 0.111. The first-order valence-electron chi connectivity index (χ1n) is 7.79. The second-order valence-electron chi connectivity index (χ2n) is 5.59. The molecule has 1 aromatic carbocycles. The van der Waals surface area contributed by atoms with Gasteiger partial charge in [0.1, 0.15) is 16.8 Å². The second kappa shape index (κ2) is 7.75. The summed E-state index contributed by atoms with van der Waals surface area (Å²) < 4.78 is 31.6. The lowest BCUT2D eigenvalue weighted by atomic mass is 10.2. The lowest BCUT2D eigenvalue weighted by Gasteiger charge is -2.16. The highest BCUT2D eigenvalue weighted by molar-refractivity contribution is 7.89. The van der Waals surface area contributed by atoms with Crippen molar-refractivity contribution in [2.75, 3.05) is 12.4 Å². The maximum Gasteiger partial charge on any atom is 0.256 e. The van der Waals surface area contributed by atoms with Gasteiger partial charge in [-0.25, -0.2) is 8.42 Å². The molecule has 0 saturated heterocycles. The zero-order valence-corrected chi connectivity index (χ0v) is 15.9. The number of carbonyl (C=O) groups excluding carboxylic acids is 1. The molecule has 0 aliphatic heterocycles.